The van der Waals surface area contributed by atoms with Crippen molar-refractivity contribution in [2.75, 3.05) is 16.8 Å². The molecule has 0 spiro atoms. The van der Waals surface area contributed by atoms with Crippen molar-refractivity contribution in [3.63, 3.8) is 0 Å². The lowest BCUT2D eigenvalue weighted by molar-refractivity contribution is 0.796. The van der Waals surface area contributed by atoms with Crippen molar-refractivity contribution in [2.24, 2.45) is 0 Å². The molecule has 0 amide bonds. The summed E-state index contributed by atoms with van der Waals surface area (Å²) in [6.45, 7) is 8.59. The van der Waals surface area contributed by atoms with Gasteiger partial charge in [0.05, 0.1) is 0 Å². The van der Waals surface area contributed by atoms with Gasteiger partial charge in [0.15, 0.2) is 0 Å². The number of thioether (sulfide) groups is 1. The highest BCUT2D eigenvalue weighted by Gasteiger charge is 2.09. The maximum absolute atomic E-state index is 4.44. The third-order valence-electron chi connectivity index (χ3n) is 1.90. The molecule has 86 valence electrons. The average Bonchev–Trinajstić information content (AvgIpc) is 2.63. The molecular weight excluding hydrogens is 226 g/mol. The van der Waals surface area contributed by atoms with Crippen molar-refractivity contribution in [3.8, 4) is 0 Å². The van der Waals surface area contributed by atoms with E-state index in [4.69, 9.17) is 0 Å². The number of hydrogen-bond acceptors (Lipinski definition) is 5. The molecule has 0 radical (unpaired) electrons. The van der Waals surface area contributed by atoms with Gasteiger partial charge in [-0.15, -0.1) is 0 Å². The Morgan fingerprint density at radius 3 is 2.67 bits per heavy atom. The summed E-state index contributed by atoms with van der Waals surface area (Å²) >= 11 is 3.40. The van der Waals surface area contributed by atoms with E-state index < -0.39 is 0 Å². The number of aromatic nitrogens is 2. The van der Waals surface area contributed by atoms with Crippen LogP contribution in [0.5, 0.6) is 0 Å². The Labute approximate surface area is 100 Å². The van der Waals surface area contributed by atoms with E-state index >= 15 is 0 Å². The SMILES string of the molecule is CCSCC(C)Nc1nc(C(C)C)ns1. The highest BCUT2D eigenvalue weighted by molar-refractivity contribution is 7.99. The van der Waals surface area contributed by atoms with Crippen molar-refractivity contribution in [2.45, 2.75) is 39.7 Å². The van der Waals surface area contributed by atoms with E-state index in [1.54, 1.807) is 0 Å². The molecular formula is C10H19N3S2. The lowest BCUT2D eigenvalue weighted by Gasteiger charge is -2.10. The van der Waals surface area contributed by atoms with Crippen LogP contribution in [-0.2, 0) is 0 Å². The Balaban J connectivity index is 2.42. The second-order valence-corrected chi connectivity index (χ2v) is 5.89. The van der Waals surface area contributed by atoms with Crippen LogP contribution in [-0.4, -0.2) is 26.9 Å². The van der Waals surface area contributed by atoms with Gasteiger partial charge in [0, 0.05) is 29.2 Å². The number of hydrogen-bond donors (Lipinski definition) is 1. The molecule has 1 unspecified atom stereocenters. The highest BCUT2D eigenvalue weighted by Crippen LogP contribution is 2.18. The molecule has 0 fully saturated rings. The molecule has 15 heavy (non-hydrogen) atoms. The predicted molar refractivity (Wildman–Crippen MR) is 70.1 cm³/mol. The van der Waals surface area contributed by atoms with Crippen LogP contribution in [0.25, 0.3) is 0 Å². The molecule has 0 bridgehead atoms. The molecule has 1 heterocycles. The molecule has 1 rings (SSSR count). The summed E-state index contributed by atoms with van der Waals surface area (Å²) in [4.78, 5) is 4.44. The Bertz CT molecular complexity index is 286. The fourth-order valence-electron chi connectivity index (χ4n) is 1.08. The van der Waals surface area contributed by atoms with Crippen LogP contribution in [0.15, 0.2) is 0 Å². The van der Waals surface area contributed by atoms with Gasteiger partial charge in [-0.05, 0) is 12.7 Å². The number of nitrogens with zero attached hydrogens (tertiary/aromatic N) is 2. The third-order valence-corrected chi connectivity index (χ3v) is 3.70. The van der Waals surface area contributed by atoms with Crippen LogP contribution in [0.2, 0.25) is 0 Å². The van der Waals surface area contributed by atoms with Crippen molar-refractivity contribution in [1.82, 2.24) is 9.36 Å². The third kappa shape index (κ3) is 4.38. The van der Waals surface area contributed by atoms with E-state index in [9.17, 15) is 0 Å². The van der Waals surface area contributed by atoms with E-state index in [1.165, 1.54) is 17.3 Å². The number of nitrogens with one attached hydrogen (secondary N) is 1. The van der Waals surface area contributed by atoms with E-state index in [0.29, 0.717) is 12.0 Å². The summed E-state index contributed by atoms with van der Waals surface area (Å²) in [6, 6.07) is 0.461. The predicted octanol–water partition coefficient (Wildman–Crippen LogP) is 3.22. The molecule has 0 saturated carbocycles. The number of anilines is 1. The first-order valence-electron chi connectivity index (χ1n) is 5.31. The molecule has 0 saturated heterocycles. The van der Waals surface area contributed by atoms with E-state index in [2.05, 4.69) is 42.4 Å². The van der Waals surface area contributed by atoms with Gasteiger partial charge in [0.2, 0.25) is 5.13 Å². The molecule has 1 aromatic heterocycles. The zero-order valence-electron chi connectivity index (χ0n) is 9.78. The monoisotopic (exact) mass is 245 g/mol. The summed E-state index contributed by atoms with van der Waals surface area (Å²) in [5.74, 6) is 3.64. The van der Waals surface area contributed by atoms with Gasteiger partial charge >= 0.3 is 0 Å². The number of rotatable bonds is 6. The van der Waals surface area contributed by atoms with Crippen LogP contribution in [0.3, 0.4) is 0 Å². The summed E-state index contributed by atoms with van der Waals surface area (Å²) in [7, 11) is 0. The molecule has 0 aliphatic rings. The van der Waals surface area contributed by atoms with Crippen LogP contribution < -0.4 is 5.32 Å². The minimum absolute atomic E-state index is 0.414. The van der Waals surface area contributed by atoms with Crippen molar-refractivity contribution in [1.29, 1.82) is 0 Å². The van der Waals surface area contributed by atoms with Gasteiger partial charge in [-0.3, -0.25) is 0 Å². The molecule has 0 aliphatic heterocycles. The smallest absolute Gasteiger partial charge is 0.202 e. The summed E-state index contributed by atoms with van der Waals surface area (Å²) in [5, 5.41) is 4.32. The second kappa shape index (κ2) is 6.33. The topological polar surface area (TPSA) is 37.8 Å². The van der Waals surface area contributed by atoms with Gasteiger partial charge in [-0.25, -0.2) is 4.98 Å². The molecule has 1 aromatic rings. The zero-order chi connectivity index (χ0) is 11.3. The maximum atomic E-state index is 4.44. The Kier molecular flexibility index (Phi) is 5.39. The second-order valence-electron chi connectivity index (χ2n) is 3.82. The zero-order valence-corrected chi connectivity index (χ0v) is 11.4. The summed E-state index contributed by atoms with van der Waals surface area (Å²) in [5.41, 5.74) is 0. The highest BCUT2D eigenvalue weighted by atomic mass is 32.2. The molecule has 0 aromatic carbocycles. The van der Waals surface area contributed by atoms with Gasteiger partial charge < -0.3 is 5.32 Å². The Hall–Kier alpha value is -0.290. The quantitative estimate of drug-likeness (QED) is 0.835. The molecule has 5 heteroatoms. The largest absolute Gasteiger partial charge is 0.357 e. The Morgan fingerprint density at radius 2 is 2.13 bits per heavy atom. The lowest BCUT2D eigenvalue weighted by Crippen LogP contribution is -2.17. The first-order valence-corrected chi connectivity index (χ1v) is 7.24. The molecule has 1 N–H and O–H groups in total. The summed E-state index contributed by atoms with van der Waals surface area (Å²) < 4.78 is 4.31. The average molecular weight is 245 g/mol. The van der Waals surface area contributed by atoms with Gasteiger partial charge in [-0.1, -0.05) is 20.8 Å². The van der Waals surface area contributed by atoms with Crippen LogP contribution >= 0.6 is 23.3 Å². The van der Waals surface area contributed by atoms with Crippen LogP contribution in [0, 0.1) is 0 Å². The van der Waals surface area contributed by atoms with Crippen LogP contribution in [0.4, 0.5) is 5.13 Å². The molecule has 1 atom stereocenters. The first-order chi connectivity index (χ1) is 7.13. The fourth-order valence-corrected chi connectivity index (χ4v) is 2.57. The van der Waals surface area contributed by atoms with Crippen LogP contribution in [0.1, 0.15) is 39.4 Å². The normalized spacial score (nSPS) is 13.1. The fraction of sp³-hybridized carbons (Fsp3) is 0.800. The minimum atomic E-state index is 0.414. The van der Waals surface area contributed by atoms with Crippen molar-refractivity contribution >= 4 is 28.4 Å². The maximum Gasteiger partial charge on any atom is 0.202 e. The van der Waals surface area contributed by atoms with Gasteiger partial charge in [0.1, 0.15) is 5.82 Å². The van der Waals surface area contributed by atoms with E-state index in [0.717, 1.165) is 16.7 Å². The lowest BCUT2D eigenvalue weighted by atomic mass is 10.2. The first kappa shape index (κ1) is 12.8. The van der Waals surface area contributed by atoms with Crippen molar-refractivity contribution in [3.05, 3.63) is 5.82 Å². The minimum Gasteiger partial charge on any atom is -0.357 e. The van der Waals surface area contributed by atoms with Gasteiger partial charge in [-0.2, -0.15) is 16.1 Å². The molecule has 0 aliphatic carbocycles. The van der Waals surface area contributed by atoms with E-state index in [1.807, 2.05) is 11.8 Å². The molecule has 3 nitrogen and oxygen atoms in total. The van der Waals surface area contributed by atoms with E-state index in [-0.39, 0.29) is 0 Å². The summed E-state index contributed by atoms with van der Waals surface area (Å²) in [6.07, 6.45) is 0. The Morgan fingerprint density at radius 1 is 1.40 bits per heavy atom. The van der Waals surface area contributed by atoms with Gasteiger partial charge in [0.25, 0.3) is 0 Å². The standard InChI is InChI=1S/C10H19N3S2/c1-5-14-6-8(4)11-10-12-9(7(2)3)13-15-10/h7-8H,5-6H2,1-4H3,(H,11,12,13). The van der Waals surface area contributed by atoms with Crippen molar-refractivity contribution < 1.29 is 0 Å².